The average Bonchev–Trinajstić information content (AvgIpc) is 2.93. The van der Waals surface area contributed by atoms with Crippen molar-refractivity contribution >= 4 is 16.8 Å². The molecule has 0 atom stereocenters. The molecule has 0 aliphatic carbocycles. The van der Waals surface area contributed by atoms with Crippen molar-refractivity contribution in [1.29, 1.82) is 0 Å². The number of aromatic hydroxyl groups is 1. The van der Waals surface area contributed by atoms with Gasteiger partial charge in [0.25, 0.3) is 5.91 Å². The fourth-order valence-electron chi connectivity index (χ4n) is 2.23. The molecule has 0 radical (unpaired) electrons. The molecule has 0 saturated heterocycles. The van der Waals surface area contributed by atoms with E-state index >= 15 is 0 Å². The van der Waals surface area contributed by atoms with Crippen LogP contribution in [-0.4, -0.2) is 16.0 Å². The minimum absolute atomic E-state index is 0.126. The molecule has 1 aromatic heterocycles. The zero-order valence-corrected chi connectivity index (χ0v) is 10.8. The summed E-state index contributed by atoms with van der Waals surface area (Å²) in [5, 5.41) is 13.2. The molecular formula is C16H14N2O2. The Morgan fingerprint density at radius 2 is 2.00 bits per heavy atom. The van der Waals surface area contributed by atoms with Crippen LogP contribution in [0.25, 0.3) is 10.9 Å². The zero-order valence-electron chi connectivity index (χ0n) is 10.8. The van der Waals surface area contributed by atoms with Gasteiger partial charge in [-0.1, -0.05) is 18.2 Å². The quantitative estimate of drug-likeness (QED) is 0.682. The fourth-order valence-corrected chi connectivity index (χ4v) is 2.23. The van der Waals surface area contributed by atoms with Crippen LogP contribution < -0.4 is 5.32 Å². The van der Waals surface area contributed by atoms with E-state index in [0.717, 1.165) is 16.5 Å². The van der Waals surface area contributed by atoms with Gasteiger partial charge in [-0.05, 0) is 35.9 Å². The van der Waals surface area contributed by atoms with Crippen LogP contribution >= 0.6 is 0 Å². The van der Waals surface area contributed by atoms with E-state index in [0.29, 0.717) is 12.1 Å². The molecule has 100 valence electrons. The number of amides is 1. The number of carbonyl (C=O) groups excluding carboxylic acids is 1. The van der Waals surface area contributed by atoms with E-state index in [4.69, 9.17) is 0 Å². The largest absolute Gasteiger partial charge is 0.508 e. The summed E-state index contributed by atoms with van der Waals surface area (Å²) in [5.74, 6) is 0.0722. The lowest BCUT2D eigenvalue weighted by Gasteiger charge is -2.07. The standard InChI is InChI=1S/C16H14N2O2/c19-12-4-1-3-11(9-12)10-18-16(20)14-5-2-6-15-13(14)7-8-17-15/h1-9,17,19H,10H2,(H,18,20). The number of benzene rings is 2. The summed E-state index contributed by atoms with van der Waals surface area (Å²) in [6.07, 6.45) is 1.82. The first-order valence-electron chi connectivity index (χ1n) is 6.36. The maximum atomic E-state index is 12.2. The van der Waals surface area contributed by atoms with Gasteiger partial charge in [-0.25, -0.2) is 0 Å². The molecule has 0 aliphatic rings. The monoisotopic (exact) mass is 266 g/mol. The molecule has 2 aromatic carbocycles. The molecule has 4 nitrogen and oxygen atoms in total. The Labute approximate surface area is 116 Å². The predicted molar refractivity (Wildman–Crippen MR) is 77.6 cm³/mol. The highest BCUT2D eigenvalue weighted by Crippen LogP contribution is 2.17. The van der Waals surface area contributed by atoms with Gasteiger partial charge in [0, 0.05) is 29.2 Å². The van der Waals surface area contributed by atoms with E-state index in [2.05, 4.69) is 10.3 Å². The second-order valence-corrected chi connectivity index (χ2v) is 4.60. The number of phenols is 1. The number of hydrogen-bond acceptors (Lipinski definition) is 2. The molecule has 1 heterocycles. The molecular weight excluding hydrogens is 252 g/mol. The van der Waals surface area contributed by atoms with Gasteiger partial charge in [-0.15, -0.1) is 0 Å². The van der Waals surface area contributed by atoms with Crippen molar-refractivity contribution in [3.05, 3.63) is 65.9 Å². The Hall–Kier alpha value is -2.75. The molecule has 1 amide bonds. The summed E-state index contributed by atoms with van der Waals surface area (Å²) >= 11 is 0. The van der Waals surface area contributed by atoms with Gasteiger partial charge in [0.2, 0.25) is 0 Å². The van der Waals surface area contributed by atoms with Crippen LogP contribution in [0.15, 0.2) is 54.7 Å². The molecule has 4 heteroatoms. The van der Waals surface area contributed by atoms with Crippen LogP contribution in [0, 0.1) is 0 Å². The molecule has 3 aromatic rings. The van der Waals surface area contributed by atoms with Gasteiger partial charge in [0.05, 0.1) is 0 Å². The molecule has 0 aliphatic heterocycles. The summed E-state index contributed by atoms with van der Waals surface area (Å²) in [6, 6.07) is 14.3. The van der Waals surface area contributed by atoms with Crippen LogP contribution in [0.3, 0.4) is 0 Å². The minimum atomic E-state index is -0.126. The van der Waals surface area contributed by atoms with E-state index < -0.39 is 0 Å². The Kier molecular flexibility index (Phi) is 3.13. The van der Waals surface area contributed by atoms with Crippen molar-refractivity contribution in [2.24, 2.45) is 0 Å². The normalized spacial score (nSPS) is 10.6. The van der Waals surface area contributed by atoms with E-state index in [1.54, 1.807) is 24.3 Å². The van der Waals surface area contributed by atoms with Crippen molar-refractivity contribution in [2.45, 2.75) is 6.54 Å². The molecule has 0 saturated carbocycles. The van der Waals surface area contributed by atoms with Crippen molar-refractivity contribution in [3.8, 4) is 5.75 Å². The van der Waals surface area contributed by atoms with Crippen molar-refractivity contribution < 1.29 is 9.90 Å². The summed E-state index contributed by atoms with van der Waals surface area (Å²) < 4.78 is 0. The first-order chi connectivity index (χ1) is 9.74. The Bertz CT molecular complexity index is 762. The number of phenolic OH excluding ortho intramolecular Hbond substituents is 1. The highest BCUT2D eigenvalue weighted by atomic mass is 16.3. The lowest BCUT2D eigenvalue weighted by molar-refractivity contribution is 0.0952. The van der Waals surface area contributed by atoms with Crippen LogP contribution in [0.5, 0.6) is 5.75 Å². The van der Waals surface area contributed by atoms with Crippen molar-refractivity contribution in [1.82, 2.24) is 10.3 Å². The number of hydrogen-bond donors (Lipinski definition) is 3. The van der Waals surface area contributed by atoms with E-state index in [-0.39, 0.29) is 11.7 Å². The third kappa shape index (κ3) is 2.36. The number of carbonyl (C=O) groups is 1. The van der Waals surface area contributed by atoms with Crippen molar-refractivity contribution in [2.75, 3.05) is 0 Å². The van der Waals surface area contributed by atoms with Gasteiger partial charge < -0.3 is 15.4 Å². The molecule has 0 bridgehead atoms. The van der Waals surface area contributed by atoms with Gasteiger partial charge in [-0.2, -0.15) is 0 Å². The summed E-state index contributed by atoms with van der Waals surface area (Å²) in [4.78, 5) is 15.3. The zero-order chi connectivity index (χ0) is 13.9. The van der Waals surface area contributed by atoms with Crippen LogP contribution in [0.4, 0.5) is 0 Å². The van der Waals surface area contributed by atoms with Crippen LogP contribution in [-0.2, 0) is 6.54 Å². The molecule has 3 N–H and O–H groups in total. The molecule has 0 unspecified atom stereocenters. The maximum absolute atomic E-state index is 12.2. The maximum Gasteiger partial charge on any atom is 0.252 e. The predicted octanol–water partition coefficient (Wildman–Crippen LogP) is 2.80. The Morgan fingerprint density at radius 1 is 1.15 bits per heavy atom. The SMILES string of the molecule is O=C(NCc1cccc(O)c1)c1cccc2[nH]ccc12. The van der Waals surface area contributed by atoms with Gasteiger partial charge in [0.1, 0.15) is 5.75 Å². The first-order valence-corrected chi connectivity index (χ1v) is 6.36. The van der Waals surface area contributed by atoms with E-state index in [1.165, 1.54) is 0 Å². The number of aromatic nitrogens is 1. The average molecular weight is 266 g/mol. The number of fused-ring (bicyclic) bond motifs is 1. The molecule has 0 fully saturated rings. The lowest BCUT2D eigenvalue weighted by atomic mass is 10.1. The summed E-state index contributed by atoms with van der Waals surface area (Å²) in [6.45, 7) is 0.383. The van der Waals surface area contributed by atoms with E-state index in [9.17, 15) is 9.90 Å². The summed E-state index contributed by atoms with van der Waals surface area (Å²) in [7, 11) is 0. The number of nitrogens with one attached hydrogen (secondary N) is 2. The highest BCUT2D eigenvalue weighted by Gasteiger charge is 2.09. The highest BCUT2D eigenvalue weighted by molar-refractivity contribution is 6.06. The van der Waals surface area contributed by atoms with E-state index in [1.807, 2.05) is 30.5 Å². The second-order valence-electron chi connectivity index (χ2n) is 4.60. The molecule has 0 spiro atoms. The number of rotatable bonds is 3. The summed E-state index contributed by atoms with van der Waals surface area (Å²) in [5.41, 5.74) is 2.44. The molecule has 20 heavy (non-hydrogen) atoms. The molecule has 3 rings (SSSR count). The first kappa shape index (κ1) is 12.3. The number of H-pyrrole nitrogens is 1. The number of aromatic amines is 1. The lowest BCUT2D eigenvalue weighted by Crippen LogP contribution is -2.22. The van der Waals surface area contributed by atoms with Gasteiger partial charge in [0.15, 0.2) is 0 Å². The van der Waals surface area contributed by atoms with Gasteiger partial charge in [-0.3, -0.25) is 4.79 Å². The Morgan fingerprint density at radius 3 is 2.85 bits per heavy atom. The van der Waals surface area contributed by atoms with Crippen LogP contribution in [0.1, 0.15) is 15.9 Å². The third-order valence-corrected chi connectivity index (χ3v) is 3.20. The van der Waals surface area contributed by atoms with Gasteiger partial charge >= 0.3 is 0 Å². The van der Waals surface area contributed by atoms with Crippen molar-refractivity contribution in [3.63, 3.8) is 0 Å². The Balaban J connectivity index is 1.78. The fraction of sp³-hybridized carbons (Fsp3) is 0.0625. The third-order valence-electron chi connectivity index (χ3n) is 3.20. The topological polar surface area (TPSA) is 65.1 Å². The smallest absolute Gasteiger partial charge is 0.252 e. The second kappa shape index (κ2) is 5.09. The van der Waals surface area contributed by atoms with Crippen LogP contribution in [0.2, 0.25) is 0 Å². The minimum Gasteiger partial charge on any atom is -0.508 e.